The Labute approximate surface area is 94.5 Å². The van der Waals surface area contributed by atoms with Crippen molar-refractivity contribution in [1.29, 1.82) is 0 Å². The number of aryl methyl sites for hydroxylation is 1. The van der Waals surface area contributed by atoms with Gasteiger partial charge in [-0.3, -0.25) is 0 Å². The molecule has 1 N–H and O–H groups in total. The maximum Gasteiger partial charge on any atom is 0.171 e. The van der Waals surface area contributed by atoms with Gasteiger partial charge in [0.15, 0.2) is 5.16 Å². The van der Waals surface area contributed by atoms with Crippen LogP contribution in [0, 0.1) is 6.92 Å². The van der Waals surface area contributed by atoms with Crippen molar-refractivity contribution in [1.82, 2.24) is 15.0 Å². The van der Waals surface area contributed by atoms with Gasteiger partial charge in [-0.15, -0.1) is 0 Å². The van der Waals surface area contributed by atoms with Gasteiger partial charge in [0.05, 0.1) is 0 Å². The average molecular weight is 270 g/mol. The Bertz CT molecular complexity index is 428. The third-order valence-corrected chi connectivity index (χ3v) is 3.13. The second kappa shape index (κ2) is 4.14. The summed E-state index contributed by atoms with van der Waals surface area (Å²) in [5, 5.41) is 1.84. The van der Waals surface area contributed by atoms with E-state index < -0.39 is 0 Å². The highest BCUT2D eigenvalue weighted by molar-refractivity contribution is 9.10. The molecule has 0 atom stereocenters. The molecule has 0 bridgehead atoms. The molecule has 3 nitrogen and oxygen atoms in total. The van der Waals surface area contributed by atoms with Crippen LogP contribution in [0.3, 0.4) is 0 Å². The lowest BCUT2D eigenvalue weighted by molar-refractivity contribution is 1.02. The van der Waals surface area contributed by atoms with E-state index in [1.807, 2.05) is 13.0 Å². The quantitative estimate of drug-likeness (QED) is 0.912. The number of hydrogen-bond acceptors (Lipinski definition) is 3. The highest BCUT2D eigenvalue weighted by Gasteiger charge is 2.04. The molecule has 0 radical (unpaired) electrons. The molecule has 0 saturated carbocycles. The second-order valence-electron chi connectivity index (χ2n) is 2.77. The standard InChI is InChI=1S/C9H8BrN3S/c1-6-4-7(10)5-13-8(6)14-9-11-2-3-12-9/h2-5H,1H3,(H,11,12). The zero-order chi connectivity index (χ0) is 9.97. The van der Waals surface area contributed by atoms with Crippen molar-refractivity contribution in [3.63, 3.8) is 0 Å². The van der Waals surface area contributed by atoms with Crippen LogP contribution in [0.2, 0.25) is 0 Å². The van der Waals surface area contributed by atoms with E-state index >= 15 is 0 Å². The Morgan fingerprint density at radius 3 is 2.93 bits per heavy atom. The molecule has 0 amide bonds. The fourth-order valence-electron chi connectivity index (χ4n) is 1.03. The lowest BCUT2D eigenvalue weighted by Crippen LogP contribution is -1.86. The van der Waals surface area contributed by atoms with Gasteiger partial charge in [-0.2, -0.15) is 0 Å². The van der Waals surface area contributed by atoms with Crippen molar-refractivity contribution in [3.05, 3.63) is 34.7 Å². The summed E-state index contributed by atoms with van der Waals surface area (Å²) in [6.45, 7) is 2.03. The summed E-state index contributed by atoms with van der Waals surface area (Å²) >= 11 is 4.91. The minimum Gasteiger partial charge on any atom is -0.339 e. The van der Waals surface area contributed by atoms with Crippen molar-refractivity contribution in [2.24, 2.45) is 0 Å². The third-order valence-electron chi connectivity index (χ3n) is 1.66. The zero-order valence-electron chi connectivity index (χ0n) is 7.49. The van der Waals surface area contributed by atoms with Crippen LogP contribution in [0.1, 0.15) is 5.56 Å². The normalized spacial score (nSPS) is 10.4. The number of halogens is 1. The SMILES string of the molecule is Cc1cc(Br)cnc1Sc1ncc[nH]1. The van der Waals surface area contributed by atoms with E-state index in [2.05, 4.69) is 30.9 Å². The fraction of sp³-hybridized carbons (Fsp3) is 0.111. The van der Waals surface area contributed by atoms with Gasteiger partial charge in [0.2, 0.25) is 0 Å². The summed E-state index contributed by atoms with van der Waals surface area (Å²) in [7, 11) is 0. The predicted octanol–water partition coefficient (Wildman–Crippen LogP) is 3.03. The van der Waals surface area contributed by atoms with Gasteiger partial charge in [-0.05, 0) is 46.2 Å². The zero-order valence-corrected chi connectivity index (χ0v) is 9.89. The Morgan fingerprint density at radius 1 is 1.43 bits per heavy atom. The number of H-pyrrole nitrogens is 1. The fourth-order valence-corrected chi connectivity index (χ4v) is 2.23. The molecule has 2 heterocycles. The summed E-state index contributed by atoms with van der Waals surface area (Å²) in [6.07, 6.45) is 5.32. The number of imidazole rings is 1. The summed E-state index contributed by atoms with van der Waals surface area (Å²) in [4.78, 5) is 11.5. The Morgan fingerprint density at radius 2 is 2.29 bits per heavy atom. The van der Waals surface area contributed by atoms with Crippen LogP contribution < -0.4 is 0 Å². The first-order chi connectivity index (χ1) is 6.75. The Hall–Kier alpha value is -0.810. The molecule has 0 aliphatic heterocycles. The molecule has 2 aromatic heterocycles. The van der Waals surface area contributed by atoms with Gasteiger partial charge in [0.25, 0.3) is 0 Å². The van der Waals surface area contributed by atoms with Crippen LogP contribution in [0.4, 0.5) is 0 Å². The van der Waals surface area contributed by atoms with Crippen LogP contribution in [0.25, 0.3) is 0 Å². The van der Waals surface area contributed by atoms with Gasteiger partial charge in [0.1, 0.15) is 5.03 Å². The van der Waals surface area contributed by atoms with Gasteiger partial charge in [-0.25, -0.2) is 9.97 Å². The molecule has 2 rings (SSSR count). The molecule has 0 saturated heterocycles. The van der Waals surface area contributed by atoms with E-state index in [1.165, 1.54) is 11.8 Å². The van der Waals surface area contributed by atoms with Crippen molar-refractivity contribution in [2.75, 3.05) is 0 Å². The van der Waals surface area contributed by atoms with Crippen molar-refractivity contribution >= 4 is 27.7 Å². The molecular formula is C9H8BrN3S. The first-order valence-electron chi connectivity index (χ1n) is 4.05. The van der Waals surface area contributed by atoms with Crippen LogP contribution >= 0.6 is 27.7 Å². The van der Waals surface area contributed by atoms with E-state index in [-0.39, 0.29) is 0 Å². The van der Waals surface area contributed by atoms with E-state index in [9.17, 15) is 0 Å². The largest absolute Gasteiger partial charge is 0.339 e. The lowest BCUT2D eigenvalue weighted by atomic mass is 10.3. The smallest absolute Gasteiger partial charge is 0.171 e. The molecule has 0 aliphatic rings. The molecule has 0 spiro atoms. The molecule has 5 heteroatoms. The van der Waals surface area contributed by atoms with E-state index in [0.29, 0.717) is 0 Å². The molecule has 0 unspecified atom stereocenters. The van der Waals surface area contributed by atoms with Gasteiger partial charge < -0.3 is 4.98 Å². The van der Waals surface area contributed by atoms with Crippen LogP contribution in [0.5, 0.6) is 0 Å². The monoisotopic (exact) mass is 269 g/mol. The summed E-state index contributed by atoms with van der Waals surface area (Å²) in [6, 6.07) is 2.04. The maximum atomic E-state index is 4.31. The minimum absolute atomic E-state index is 0.864. The highest BCUT2D eigenvalue weighted by Crippen LogP contribution is 2.26. The van der Waals surface area contributed by atoms with Gasteiger partial charge in [0, 0.05) is 23.1 Å². The number of nitrogens with one attached hydrogen (secondary N) is 1. The van der Waals surface area contributed by atoms with Crippen molar-refractivity contribution < 1.29 is 0 Å². The average Bonchev–Trinajstić information content (AvgIpc) is 2.62. The number of rotatable bonds is 2. The molecule has 0 aromatic carbocycles. The van der Waals surface area contributed by atoms with Gasteiger partial charge >= 0.3 is 0 Å². The first-order valence-corrected chi connectivity index (χ1v) is 5.66. The first kappa shape index (κ1) is 9.73. The Kier molecular flexibility index (Phi) is 2.88. The van der Waals surface area contributed by atoms with Crippen LogP contribution in [-0.2, 0) is 0 Å². The second-order valence-corrected chi connectivity index (χ2v) is 4.67. The topological polar surface area (TPSA) is 41.6 Å². The third kappa shape index (κ3) is 2.16. The summed E-state index contributed by atoms with van der Waals surface area (Å²) in [5.74, 6) is 0. The van der Waals surface area contributed by atoms with Crippen molar-refractivity contribution in [3.8, 4) is 0 Å². The summed E-state index contributed by atoms with van der Waals surface area (Å²) < 4.78 is 0.999. The molecule has 72 valence electrons. The number of aromatic amines is 1. The van der Waals surface area contributed by atoms with Crippen molar-refractivity contribution in [2.45, 2.75) is 17.1 Å². The Balaban J connectivity index is 2.25. The molecule has 14 heavy (non-hydrogen) atoms. The molecular weight excluding hydrogens is 262 g/mol. The minimum atomic E-state index is 0.864. The molecule has 0 fully saturated rings. The number of pyridine rings is 1. The summed E-state index contributed by atoms with van der Waals surface area (Å²) in [5.41, 5.74) is 1.14. The van der Waals surface area contributed by atoms with Crippen LogP contribution in [-0.4, -0.2) is 15.0 Å². The number of hydrogen-bond donors (Lipinski definition) is 1. The number of nitrogens with zero attached hydrogens (tertiary/aromatic N) is 2. The van der Waals surface area contributed by atoms with E-state index in [0.717, 1.165) is 20.2 Å². The van der Waals surface area contributed by atoms with E-state index in [4.69, 9.17) is 0 Å². The number of aromatic nitrogens is 3. The highest BCUT2D eigenvalue weighted by atomic mass is 79.9. The predicted molar refractivity (Wildman–Crippen MR) is 59.4 cm³/mol. The van der Waals surface area contributed by atoms with Gasteiger partial charge in [-0.1, -0.05) is 0 Å². The van der Waals surface area contributed by atoms with E-state index in [1.54, 1.807) is 18.6 Å². The lowest BCUT2D eigenvalue weighted by Gasteiger charge is -2.01. The molecule has 0 aliphatic carbocycles. The maximum absolute atomic E-state index is 4.31. The molecule has 2 aromatic rings. The van der Waals surface area contributed by atoms with Crippen LogP contribution in [0.15, 0.2) is 39.3 Å².